The first-order chi connectivity index (χ1) is 10.7. The van der Waals surface area contributed by atoms with Crippen LogP contribution in [0.2, 0.25) is 0 Å². The van der Waals surface area contributed by atoms with Gasteiger partial charge in [0.2, 0.25) is 0 Å². The molecule has 1 aliphatic rings. The molecule has 3 nitrogen and oxygen atoms in total. The standard InChI is InChI=1S/C19H22N2O/c1-14-12-17-10-6-7-11-18(17)21(14)19(22)13-20-15(2)16-8-4-3-5-9-16/h3-11,14-15,20H,12-13H2,1-2H3/p+1/t14-,15-/m0/s1. The third-order valence-electron chi connectivity index (χ3n) is 4.45. The van der Waals surface area contributed by atoms with Crippen molar-refractivity contribution >= 4 is 11.6 Å². The number of fused-ring (bicyclic) bond motifs is 1. The van der Waals surface area contributed by atoms with E-state index in [0.29, 0.717) is 12.6 Å². The second kappa shape index (κ2) is 6.32. The predicted molar refractivity (Wildman–Crippen MR) is 88.7 cm³/mol. The van der Waals surface area contributed by atoms with E-state index in [1.54, 1.807) is 0 Å². The van der Waals surface area contributed by atoms with E-state index in [9.17, 15) is 4.79 Å². The van der Waals surface area contributed by atoms with Gasteiger partial charge in [0.1, 0.15) is 6.04 Å². The van der Waals surface area contributed by atoms with Crippen LogP contribution in [0, 0.1) is 0 Å². The quantitative estimate of drug-likeness (QED) is 0.923. The summed E-state index contributed by atoms with van der Waals surface area (Å²) in [5, 5.41) is 2.12. The first-order valence-electron chi connectivity index (χ1n) is 7.95. The van der Waals surface area contributed by atoms with Crippen molar-refractivity contribution in [2.45, 2.75) is 32.4 Å². The molecule has 0 bridgehead atoms. The Kier molecular flexibility index (Phi) is 4.25. The minimum atomic E-state index is 0.195. The van der Waals surface area contributed by atoms with Gasteiger partial charge in [-0.1, -0.05) is 48.5 Å². The summed E-state index contributed by atoms with van der Waals surface area (Å²) in [5.41, 5.74) is 3.62. The van der Waals surface area contributed by atoms with Crippen molar-refractivity contribution in [2.24, 2.45) is 0 Å². The number of para-hydroxylation sites is 1. The van der Waals surface area contributed by atoms with Gasteiger partial charge in [-0.25, -0.2) is 0 Å². The van der Waals surface area contributed by atoms with E-state index in [4.69, 9.17) is 0 Å². The van der Waals surface area contributed by atoms with E-state index in [2.05, 4.69) is 43.4 Å². The Morgan fingerprint density at radius 2 is 1.86 bits per heavy atom. The summed E-state index contributed by atoms with van der Waals surface area (Å²) in [6, 6.07) is 19.1. The zero-order valence-corrected chi connectivity index (χ0v) is 13.2. The number of carbonyl (C=O) groups is 1. The van der Waals surface area contributed by atoms with Crippen molar-refractivity contribution in [3.05, 3.63) is 65.7 Å². The van der Waals surface area contributed by atoms with Crippen LogP contribution in [0.4, 0.5) is 5.69 Å². The number of nitrogens with zero attached hydrogens (tertiary/aromatic N) is 1. The van der Waals surface area contributed by atoms with Crippen LogP contribution in [0.25, 0.3) is 0 Å². The molecular weight excluding hydrogens is 272 g/mol. The van der Waals surface area contributed by atoms with Gasteiger partial charge < -0.3 is 10.2 Å². The summed E-state index contributed by atoms with van der Waals surface area (Å²) in [6.07, 6.45) is 0.955. The van der Waals surface area contributed by atoms with Crippen molar-refractivity contribution in [3.8, 4) is 0 Å². The predicted octanol–water partition coefficient (Wildman–Crippen LogP) is 2.29. The van der Waals surface area contributed by atoms with Crippen LogP contribution in [0.15, 0.2) is 54.6 Å². The van der Waals surface area contributed by atoms with Crippen LogP contribution in [0.1, 0.15) is 31.0 Å². The number of carbonyl (C=O) groups excluding carboxylic acids is 1. The summed E-state index contributed by atoms with van der Waals surface area (Å²) >= 11 is 0. The molecular formula is C19H23N2O+. The van der Waals surface area contributed by atoms with Gasteiger partial charge in [-0.2, -0.15) is 0 Å². The van der Waals surface area contributed by atoms with Crippen LogP contribution < -0.4 is 10.2 Å². The van der Waals surface area contributed by atoms with Crippen LogP contribution in [-0.2, 0) is 11.2 Å². The van der Waals surface area contributed by atoms with Gasteiger partial charge in [-0.3, -0.25) is 4.79 Å². The SMILES string of the molecule is C[C@H]([NH2+]CC(=O)N1c2ccccc2C[C@@H]1C)c1ccccc1. The lowest BCUT2D eigenvalue weighted by Crippen LogP contribution is -2.87. The molecule has 0 saturated heterocycles. The molecule has 0 unspecified atom stereocenters. The van der Waals surface area contributed by atoms with Crippen molar-refractivity contribution in [1.82, 2.24) is 0 Å². The Morgan fingerprint density at radius 3 is 2.64 bits per heavy atom. The van der Waals surface area contributed by atoms with Crippen LogP contribution in [0.5, 0.6) is 0 Å². The van der Waals surface area contributed by atoms with Crippen LogP contribution in [-0.4, -0.2) is 18.5 Å². The van der Waals surface area contributed by atoms with Gasteiger partial charge in [0.05, 0.1) is 0 Å². The number of hydrogen-bond donors (Lipinski definition) is 1. The molecule has 1 aliphatic heterocycles. The number of anilines is 1. The number of hydrogen-bond acceptors (Lipinski definition) is 1. The molecule has 22 heavy (non-hydrogen) atoms. The van der Waals surface area contributed by atoms with Crippen LogP contribution >= 0.6 is 0 Å². The monoisotopic (exact) mass is 295 g/mol. The van der Waals surface area contributed by atoms with Crippen molar-refractivity contribution in [3.63, 3.8) is 0 Å². The lowest BCUT2D eigenvalue weighted by molar-refractivity contribution is -0.682. The van der Waals surface area contributed by atoms with Gasteiger partial charge in [-0.05, 0) is 31.9 Å². The largest absolute Gasteiger partial charge is 0.333 e. The minimum absolute atomic E-state index is 0.195. The third-order valence-corrected chi connectivity index (χ3v) is 4.45. The van der Waals surface area contributed by atoms with Crippen molar-refractivity contribution in [2.75, 3.05) is 11.4 Å². The minimum Gasteiger partial charge on any atom is -0.333 e. The molecule has 3 heteroatoms. The summed E-state index contributed by atoms with van der Waals surface area (Å²) in [4.78, 5) is 14.6. The summed E-state index contributed by atoms with van der Waals surface area (Å²) in [5.74, 6) is 0.195. The van der Waals surface area contributed by atoms with Crippen molar-refractivity contribution < 1.29 is 10.1 Å². The molecule has 1 heterocycles. The fraction of sp³-hybridized carbons (Fsp3) is 0.316. The number of nitrogens with two attached hydrogens (primary N) is 1. The van der Waals surface area contributed by atoms with E-state index in [1.807, 2.05) is 35.2 Å². The Balaban J connectivity index is 1.65. The smallest absolute Gasteiger partial charge is 0.282 e. The molecule has 0 saturated carbocycles. The Hall–Kier alpha value is -2.13. The summed E-state index contributed by atoms with van der Waals surface area (Å²) in [6.45, 7) is 4.75. The fourth-order valence-electron chi connectivity index (χ4n) is 3.21. The Bertz CT molecular complexity index is 653. The first-order valence-corrected chi connectivity index (χ1v) is 7.95. The molecule has 114 valence electrons. The summed E-state index contributed by atoms with van der Waals surface area (Å²) in [7, 11) is 0. The van der Waals surface area contributed by atoms with E-state index in [1.165, 1.54) is 11.1 Å². The van der Waals surface area contributed by atoms with Gasteiger partial charge in [0.15, 0.2) is 6.54 Å². The van der Waals surface area contributed by atoms with Gasteiger partial charge in [0.25, 0.3) is 5.91 Å². The average molecular weight is 295 g/mol. The maximum Gasteiger partial charge on any atom is 0.282 e. The normalized spacial score (nSPS) is 18.1. The molecule has 0 spiro atoms. The molecule has 0 aliphatic carbocycles. The van der Waals surface area contributed by atoms with E-state index < -0.39 is 0 Å². The number of quaternary nitrogens is 1. The molecule has 0 aromatic heterocycles. The van der Waals surface area contributed by atoms with Gasteiger partial charge in [0, 0.05) is 17.3 Å². The summed E-state index contributed by atoms with van der Waals surface area (Å²) < 4.78 is 0. The number of amides is 1. The molecule has 0 radical (unpaired) electrons. The second-order valence-electron chi connectivity index (χ2n) is 6.08. The average Bonchev–Trinajstić information content (AvgIpc) is 2.89. The van der Waals surface area contributed by atoms with Gasteiger partial charge in [-0.15, -0.1) is 0 Å². The fourth-order valence-corrected chi connectivity index (χ4v) is 3.21. The molecule has 1 amide bonds. The number of rotatable bonds is 4. The zero-order chi connectivity index (χ0) is 15.5. The maximum atomic E-state index is 12.6. The molecule has 0 fully saturated rings. The van der Waals surface area contributed by atoms with E-state index in [0.717, 1.165) is 12.1 Å². The third kappa shape index (κ3) is 2.90. The topological polar surface area (TPSA) is 36.9 Å². The lowest BCUT2D eigenvalue weighted by Gasteiger charge is -2.22. The first kappa shape index (κ1) is 14.8. The highest BCUT2D eigenvalue weighted by Gasteiger charge is 2.31. The maximum absolute atomic E-state index is 12.6. The molecule has 2 aromatic rings. The van der Waals surface area contributed by atoms with Crippen molar-refractivity contribution in [1.29, 1.82) is 0 Å². The van der Waals surface area contributed by atoms with E-state index >= 15 is 0 Å². The zero-order valence-electron chi connectivity index (χ0n) is 13.2. The number of benzene rings is 2. The molecule has 2 atom stereocenters. The Morgan fingerprint density at radius 1 is 1.18 bits per heavy atom. The van der Waals surface area contributed by atoms with E-state index in [-0.39, 0.29) is 11.9 Å². The highest BCUT2D eigenvalue weighted by molar-refractivity contribution is 5.96. The van der Waals surface area contributed by atoms with Crippen LogP contribution in [0.3, 0.4) is 0 Å². The Labute approximate surface area is 132 Å². The molecule has 3 rings (SSSR count). The highest BCUT2D eigenvalue weighted by atomic mass is 16.2. The molecule has 2 N–H and O–H groups in total. The van der Waals surface area contributed by atoms with Gasteiger partial charge >= 0.3 is 0 Å². The molecule has 2 aromatic carbocycles. The lowest BCUT2D eigenvalue weighted by atomic mass is 10.1. The second-order valence-corrected chi connectivity index (χ2v) is 6.08. The highest BCUT2D eigenvalue weighted by Crippen LogP contribution is 2.31.